The first kappa shape index (κ1) is 11.2. The summed E-state index contributed by atoms with van der Waals surface area (Å²) in [5.41, 5.74) is 0.841. The van der Waals surface area contributed by atoms with E-state index in [0.29, 0.717) is 0 Å². The maximum Gasteiger partial charge on any atom is 0.0487 e. The molecule has 3 heteroatoms. The molecule has 1 heterocycles. The maximum atomic E-state index is 11.1. The predicted octanol–water partition coefficient (Wildman–Crippen LogP) is 2.91. The summed E-state index contributed by atoms with van der Waals surface area (Å²) in [5, 5.41) is 13.4. The summed E-state index contributed by atoms with van der Waals surface area (Å²) in [5.74, 6) is -1.61. The van der Waals surface area contributed by atoms with Crippen LogP contribution in [0.3, 0.4) is 0 Å². The lowest BCUT2D eigenvalue weighted by atomic mass is 9.99. The Labute approximate surface area is 108 Å². The zero-order chi connectivity index (χ0) is 12.7. The van der Waals surface area contributed by atoms with E-state index in [4.69, 9.17) is 0 Å². The lowest BCUT2D eigenvalue weighted by Crippen LogP contribution is -2.27. The topological polar surface area (TPSA) is 40.1 Å². The lowest BCUT2D eigenvalue weighted by Gasteiger charge is -2.13. The number of aliphatic carboxylic acids is 1. The molecule has 0 aliphatic rings. The third kappa shape index (κ3) is 1.59. The van der Waals surface area contributed by atoms with Gasteiger partial charge in [0.2, 0.25) is 0 Å². The molecule has 0 saturated carbocycles. The Kier molecular flexibility index (Phi) is 2.56. The summed E-state index contributed by atoms with van der Waals surface area (Å²) >= 11 is 1.64. The summed E-state index contributed by atoms with van der Waals surface area (Å²) < 4.78 is 2.24. The van der Waals surface area contributed by atoms with Crippen LogP contribution < -0.4 is 5.11 Å². The Bertz CT molecular complexity index is 742. The first-order valence-corrected chi connectivity index (χ1v) is 6.61. The molecule has 2 nitrogen and oxygen atoms in total. The normalized spacial score (nSPS) is 12.9. The summed E-state index contributed by atoms with van der Waals surface area (Å²) in [6.07, 6.45) is 0. The van der Waals surface area contributed by atoms with E-state index in [1.54, 1.807) is 18.3 Å². The second kappa shape index (κ2) is 4.10. The van der Waals surface area contributed by atoms with Crippen molar-refractivity contribution < 1.29 is 9.90 Å². The fourth-order valence-corrected chi connectivity index (χ4v) is 3.54. The fraction of sp³-hybridized carbons (Fsp3) is 0.133. The van der Waals surface area contributed by atoms with Crippen LogP contribution in [0.25, 0.3) is 20.2 Å². The highest BCUT2D eigenvalue weighted by atomic mass is 32.1. The van der Waals surface area contributed by atoms with Crippen LogP contribution in [0.2, 0.25) is 0 Å². The standard InChI is InChI=1S/C15H12O2S/c1-9(15(16)17)10-6-4-7-12-11-5-2-3-8-13(11)18-14(10)12/h2-9H,1H3,(H,16,17)/p-1/t9-/m1/s1. The third-order valence-corrected chi connectivity index (χ3v) is 4.49. The molecule has 0 N–H and O–H groups in total. The second-order valence-corrected chi connectivity index (χ2v) is 5.42. The van der Waals surface area contributed by atoms with Crippen LogP contribution >= 0.6 is 11.3 Å². The van der Waals surface area contributed by atoms with Crippen LogP contribution in [0, 0.1) is 0 Å². The number of thiophene rings is 1. The van der Waals surface area contributed by atoms with Crippen LogP contribution in [0.15, 0.2) is 42.5 Å². The van der Waals surface area contributed by atoms with Crippen molar-refractivity contribution in [2.45, 2.75) is 12.8 Å². The van der Waals surface area contributed by atoms with E-state index in [2.05, 4.69) is 12.1 Å². The molecule has 0 amide bonds. The number of fused-ring (bicyclic) bond motifs is 3. The van der Waals surface area contributed by atoms with Gasteiger partial charge in [-0.05, 0) is 11.6 Å². The highest BCUT2D eigenvalue weighted by Gasteiger charge is 2.13. The molecule has 2 aromatic carbocycles. The summed E-state index contributed by atoms with van der Waals surface area (Å²) in [4.78, 5) is 11.1. The van der Waals surface area contributed by atoms with Gasteiger partial charge in [0.1, 0.15) is 0 Å². The molecule has 3 rings (SSSR count). The number of carbonyl (C=O) groups excluding carboxylic acids is 1. The molecule has 3 aromatic rings. The first-order valence-electron chi connectivity index (χ1n) is 5.79. The van der Waals surface area contributed by atoms with Crippen LogP contribution in [0.5, 0.6) is 0 Å². The van der Waals surface area contributed by atoms with Crippen LogP contribution in [0.4, 0.5) is 0 Å². The van der Waals surface area contributed by atoms with Crippen molar-refractivity contribution in [2.24, 2.45) is 0 Å². The minimum Gasteiger partial charge on any atom is -0.550 e. The van der Waals surface area contributed by atoms with Crippen LogP contribution in [-0.4, -0.2) is 5.97 Å². The molecular formula is C15H11O2S-. The number of carboxylic acid groups (broad SMARTS) is 1. The van der Waals surface area contributed by atoms with Crippen molar-refractivity contribution in [1.29, 1.82) is 0 Å². The Balaban J connectivity index is 2.37. The Morgan fingerprint density at radius 2 is 1.83 bits per heavy atom. The van der Waals surface area contributed by atoms with Gasteiger partial charge in [-0.15, -0.1) is 11.3 Å². The number of rotatable bonds is 2. The van der Waals surface area contributed by atoms with E-state index in [1.165, 1.54) is 10.1 Å². The van der Waals surface area contributed by atoms with E-state index in [1.807, 2.05) is 30.3 Å². The minimum atomic E-state index is -1.03. The number of hydrogen-bond donors (Lipinski definition) is 0. The Morgan fingerprint density at radius 1 is 1.11 bits per heavy atom. The monoisotopic (exact) mass is 255 g/mol. The van der Waals surface area contributed by atoms with Crippen molar-refractivity contribution in [3.8, 4) is 0 Å². The van der Waals surface area contributed by atoms with E-state index in [9.17, 15) is 9.90 Å². The fourth-order valence-electron chi connectivity index (χ4n) is 2.24. The largest absolute Gasteiger partial charge is 0.550 e. The van der Waals surface area contributed by atoms with Gasteiger partial charge in [-0.3, -0.25) is 0 Å². The van der Waals surface area contributed by atoms with Crippen LogP contribution in [-0.2, 0) is 4.79 Å². The molecule has 1 atom stereocenters. The summed E-state index contributed by atoms with van der Waals surface area (Å²) in [7, 11) is 0. The molecule has 0 unspecified atom stereocenters. The van der Waals surface area contributed by atoms with E-state index >= 15 is 0 Å². The van der Waals surface area contributed by atoms with Gasteiger partial charge in [-0.2, -0.15) is 0 Å². The molecule has 0 fully saturated rings. The minimum absolute atomic E-state index is 0.582. The molecule has 18 heavy (non-hydrogen) atoms. The number of benzene rings is 2. The Morgan fingerprint density at radius 3 is 2.61 bits per heavy atom. The number of carboxylic acids is 1. The van der Waals surface area contributed by atoms with Gasteiger partial charge >= 0.3 is 0 Å². The number of carbonyl (C=O) groups is 1. The van der Waals surface area contributed by atoms with Crippen molar-refractivity contribution in [1.82, 2.24) is 0 Å². The SMILES string of the molecule is C[C@@H](C(=O)[O-])c1cccc2c1sc1ccccc12. The molecular weight excluding hydrogens is 244 g/mol. The molecule has 0 saturated heterocycles. The van der Waals surface area contributed by atoms with Gasteiger partial charge in [0.05, 0.1) is 0 Å². The average molecular weight is 255 g/mol. The summed E-state index contributed by atoms with van der Waals surface area (Å²) in [6.45, 7) is 1.68. The lowest BCUT2D eigenvalue weighted by molar-refractivity contribution is -0.307. The van der Waals surface area contributed by atoms with Gasteiger partial charge in [0, 0.05) is 32.1 Å². The zero-order valence-electron chi connectivity index (χ0n) is 9.84. The van der Waals surface area contributed by atoms with Gasteiger partial charge in [-0.1, -0.05) is 43.3 Å². The van der Waals surface area contributed by atoms with Crippen molar-refractivity contribution in [3.05, 3.63) is 48.0 Å². The van der Waals surface area contributed by atoms with Crippen LogP contribution in [0.1, 0.15) is 18.4 Å². The number of hydrogen-bond acceptors (Lipinski definition) is 3. The molecule has 90 valence electrons. The Hall–Kier alpha value is -1.87. The highest BCUT2D eigenvalue weighted by molar-refractivity contribution is 7.26. The van der Waals surface area contributed by atoms with Gasteiger partial charge < -0.3 is 9.90 Å². The van der Waals surface area contributed by atoms with E-state index < -0.39 is 11.9 Å². The smallest absolute Gasteiger partial charge is 0.0487 e. The molecule has 0 aliphatic carbocycles. The zero-order valence-corrected chi connectivity index (χ0v) is 10.7. The van der Waals surface area contributed by atoms with E-state index in [-0.39, 0.29) is 0 Å². The van der Waals surface area contributed by atoms with Gasteiger partial charge in [0.15, 0.2) is 0 Å². The molecule has 1 aromatic heterocycles. The molecule has 0 bridgehead atoms. The first-order chi connectivity index (χ1) is 8.68. The quantitative estimate of drug-likeness (QED) is 0.706. The van der Waals surface area contributed by atoms with Crippen molar-refractivity contribution in [2.75, 3.05) is 0 Å². The van der Waals surface area contributed by atoms with E-state index in [0.717, 1.165) is 15.6 Å². The molecule has 0 aliphatic heterocycles. The molecule has 0 radical (unpaired) electrons. The predicted molar refractivity (Wildman–Crippen MR) is 72.8 cm³/mol. The second-order valence-electron chi connectivity index (χ2n) is 4.36. The van der Waals surface area contributed by atoms with Crippen molar-refractivity contribution in [3.63, 3.8) is 0 Å². The average Bonchev–Trinajstić information content (AvgIpc) is 2.76. The maximum absolute atomic E-state index is 11.1. The molecule has 0 spiro atoms. The summed E-state index contributed by atoms with van der Waals surface area (Å²) in [6, 6.07) is 14.0. The van der Waals surface area contributed by atoms with Gasteiger partial charge in [-0.25, -0.2) is 0 Å². The third-order valence-electron chi connectivity index (χ3n) is 3.25. The van der Waals surface area contributed by atoms with Gasteiger partial charge in [0.25, 0.3) is 0 Å². The highest BCUT2D eigenvalue weighted by Crippen LogP contribution is 2.37. The van der Waals surface area contributed by atoms with Crippen molar-refractivity contribution >= 4 is 37.5 Å².